The highest BCUT2D eigenvalue weighted by Crippen LogP contribution is 2.15. The second-order valence-corrected chi connectivity index (χ2v) is 7.18. The van der Waals surface area contributed by atoms with Gasteiger partial charge in [-0.25, -0.2) is 0 Å². The quantitative estimate of drug-likeness (QED) is 0.0984. The Morgan fingerprint density at radius 2 is 1.31 bits per heavy atom. The summed E-state index contributed by atoms with van der Waals surface area (Å²) in [7, 11) is 0. The van der Waals surface area contributed by atoms with Crippen LogP contribution in [0.2, 0.25) is 0 Å². The summed E-state index contributed by atoms with van der Waals surface area (Å²) >= 11 is 4.90. The molecule has 0 saturated carbocycles. The molecule has 0 spiro atoms. The fraction of sp³-hybridized carbons (Fsp3) is 0.538. The number of unbranched alkanes of at least 4 members (excludes halogenated alkanes) is 2. The molecule has 29 heavy (non-hydrogen) atoms. The molecule has 0 bridgehead atoms. The third-order valence-corrected chi connectivity index (χ3v) is 4.52. The van der Waals surface area contributed by atoms with E-state index >= 15 is 0 Å². The molecule has 0 aromatic heterocycles. The van der Waals surface area contributed by atoms with Crippen LogP contribution in [0.1, 0.15) is 78.1 Å². The molecule has 1 unspecified atom stereocenters. The van der Waals surface area contributed by atoms with Crippen molar-refractivity contribution in [3.8, 4) is 0 Å². The first kappa shape index (κ1) is 27.3. The lowest BCUT2D eigenvalue weighted by Crippen LogP contribution is -2.18. The highest BCUT2D eigenvalue weighted by molar-refractivity contribution is 7.78. The van der Waals surface area contributed by atoms with E-state index in [1.807, 2.05) is 6.92 Å². The number of esters is 1. The van der Waals surface area contributed by atoms with Crippen molar-refractivity contribution in [2.75, 3.05) is 6.61 Å². The first-order valence-corrected chi connectivity index (χ1v) is 11.6. The summed E-state index contributed by atoms with van der Waals surface area (Å²) in [5.41, 5.74) is 0. The molecule has 0 amide bonds. The zero-order valence-corrected chi connectivity index (χ0v) is 19.2. The maximum absolute atomic E-state index is 11.8. The lowest BCUT2D eigenvalue weighted by Gasteiger charge is -2.12. The lowest BCUT2D eigenvalue weighted by molar-refractivity contribution is -0.148. The topological polar surface area (TPSA) is 26.3 Å². The molecule has 2 nitrogen and oxygen atoms in total. The van der Waals surface area contributed by atoms with E-state index in [-0.39, 0.29) is 11.9 Å². The van der Waals surface area contributed by atoms with Gasteiger partial charge < -0.3 is 4.74 Å². The second-order valence-electron chi connectivity index (χ2n) is 6.84. The predicted molar refractivity (Wildman–Crippen MR) is 131 cm³/mol. The van der Waals surface area contributed by atoms with E-state index < -0.39 is 0 Å². The van der Waals surface area contributed by atoms with Crippen LogP contribution in [0.15, 0.2) is 60.8 Å². The van der Waals surface area contributed by atoms with Gasteiger partial charge in [0.15, 0.2) is 0 Å². The van der Waals surface area contributed by atoms with Crippen molar-refractivity contribution in [2.24, 2.45) is 5.92 Å². The number of allylic oxidation sites excluding steroid dienone is 10. The van der Waals surface area contributed by atoms with Crippen LogP contribution < -0.4 is 0 Å². The first-order valence-electron chi connectivity index (χ1n) is 11.1. The van der Waals surface area contributed by atoms with Gasteiger partial charge >= 0.3 is 5.97 Å². The molecule has 0 aliphatic heterocycles. The van der Waals surface area contributed by atoms with Crippen molar-refractivity contribution >= 4 is 23.6 Å². The maximum atomic E-state index is 11.8. The number of hydrogen-bond donors (Lipinski definition) is 0. The summed E-state index contributed by atoms with van der Waals surface area (Å²) in [5.74, 6) is -0.177. The molecule has 0 aliphatic rings. The van der Waals surface area contributed by atoms with Gasteiger partial charge in [0.05, 0.1) is 12.5 Å². The first-order chi connectivity index (χ1) is 14.3. The Morgan fingerprint density at radius 1 is 0.793 bits per heavy atom. The molecule has 0 heterocycles. The summed E-state index contributed by atoms with van der Waals surface area (Å²) in [6, 6.07) is 0. The summed E-state index contributed by atoms with van der Waals surface area (Å²) < 4.78 is 5.11. The average Bonchev–Trinajstić information content (AvgIpc) is 2.72. The number of hydrogen-bond acceptors (Lipinski definition) is 3. The third kappa shape index (κ3) is 19.4. The smallest absolute Gasteiger partial charge is 0.309 e. The largest absolute Gasteiger partial charge is 0.466 e. The number of carbonyl (C=O) groups excluding carboxylic acids is 1. The Hall–Kier alpha value is -1.74. The van der Waals surface area contributed by atoms with Crippen LogP contribution in [-0.4, -0.2) is 17.9 Å². The van der Waals surface area contributed by atoms with Gasteiger partial charge in [-0.05, 0) is 70.1 Å². The third-order valence-electron chi connectivity index (χ3n) is 4.33. The zero-order chi connectivity index (χ0) is 21.4. The van der Waals surface area contributed by atoms with E-state index in [4.69, 9.17) is 17.0 Å². The zero-order valence-electron chi connectivity index (χ0n) is 18.4. The van der Waals surface area contributed by atoms with Gasteiger partial charge in [0, 0.05) is 0 Å². The monoisotopic (exact) mass is 416 g/mol. The standard InChI is InChI=1S/C26H40O2S/c1-3-5-6-7-8-9-10-11-12-13-14-15-16-17-18-19-20-21-22-25(23-24-29)26(27)28-4-2/h5-6,8-9,11-12,14-15,17-18,24-25H,3-4,7,10,13,16,19-23H2,1-2H3. The molecule has 3 heteroatoms. The van der Waals surface area contributed by atoms with Crippen LogP contribution in [0, 0.1) is 5.92 Å². The van der Waals surface area contributed by atoms with E-state index in [0.717, 1.165) is 57.8 Å². The number of rotatable bonds is 18. The van der Waals surface area contributed by atoms with Gasteiger partial charge in [0.2, 0.25) is 0 Å². The Balaban J connectivity index is 3.70. The Kier molecular flexibility index (Phi) is 21.2. The summed E-state index contributed by atoms with van der Waals surface area (Å²) in [6.07, 6.45) is 31.9. The van der Waals surface area contributed by atoms with Crippen LogP contribution in [-0.2, 0) is 9.53 Å². The van der Waals surface area contributed by atoms with E-state index in [1.165, 1.54) is 0 Å². The van der Waals surface area contributed by atoms with Crippen LogP contribution >= 0.6 is 12.2 Å². The second kappa shape index (κ2) is 22.5. The Bertz CT molecular complexity index is 541. The van der Waals surface area contributed by atoms with Gasteiger partial charge in [-0.1, -0.05) is 86.3 Å². The average molecular weight is 417 g/mol. The Labute approximate surface area is 184 Å². The van der Waals surface area contributed by atoms with Gasteiger partial charge in [0.25, 0.3) is 0 Å². The number of carbonyl (C=O) groups is 1. The normalized spacial score (nSPS) is 13.4. The minimum Gasteiger partial charge on any atom is -0.466 e. The van der Waals surface area contributed by atoms with Crippen LogP contribution in [0.4, 0.5) is 0 Å². The van der Waals surface area contributed by atoms with Gasteiger partial charge in [-0.3, -0.25) is 4.79 Å². The number of ether oxygens (including phenoxy) is 1. The van der Waals surface area contributed by atoms with Gasteiger partial charge in [-0.15, -0.1) is 0 Å². The fourth-order valence-electron chi connectivity index (χ4n) is 2.73. The molecule has 0 saturated heterocycles. The molecule has 0 N–H and O–H groups in total. The van der Waals surface area contributed by atoms with Crippen molar-refractivity contribution in [1.29, 1.82) is 0 Å². The van der Waals surface area contributed by atoms with Crippen molar-refractivity contribution in [3.05, 3.63) is 60.8 Å². The minimum atomic E-state index is -0.108. The summed E-state index contributed by atoms with van der Waals surface area (Å²) in [5, 5.41) is 1.64. The van der Waals surface area contributed by atoms with Gasteiger partial charge in [-0.2, -0.15) is 0 Å². The Morgan fingerprint density at radius 3 is 1.79 bits per heavy atom. The van der Waals surface area contributed by atoms with E-state index in [0.29, 0.717) is 13.0 Å². The fourth-order valence-corrected chi connectivity index (χ4v) is 2.96. The minimum absolute atomic E-state index is 0.0687. The molecule has 0 aromatic rings. The molecule has 0 aliphatic carbocycles. The van der Waals surface area contributed by atoms with E-state index in [9.17, 15) is 4.79 Å². The van der Waals surface area contributed by atoms with Crippen molar-refractivity contribution < 1.29 is 9.53 Å². The highest BCUT2D eigenvalue weighted by atomic mass is 32.1. The number of thiocarbonyl (C=S) groups is 1. The van der Waals surface area contributed by atoms with Crippen LogP contribution in [0.25, 0.3) is 0 Å². The molecule has 0 aromatic carbocycles. The van der Waals surface area contributed by atoms with Crippen molar-refractivity contribution in [1.82, 2.24) is 0 Å². The molecule has 0 radical (unpaired) electrons. The maximum Gasteiger partial charge on any atom is 0.309 e. The SMILES string of the molecule is CCC=CCC=CCC=CCC=CCC=CCCCCC(CC=S)C(=O)OCC. The molecule has 0 rings (SSSR count). The van der Waals surface area contributed by atoms with E-state index in [2.05, 4.69) is 67.7 Å². The van der Waals surface area contributed by atoms with E-state index in [1.54, 1.807) is 5.37 Å². The summed E-state index contributed by atoms with van der Waals surface area (Å²) in [4.78, 5) is 11.8. The van der Waals surface area contributed by atoms with Gasteiger partial charge in [0.1, 0.15) is 0 Å². The van der Waals surface area contributed by atoms with Crippen LogP contribution in [0.3, 0.4) is 0 Å². The molecular weight excluding hydrogens is 376 g/mol. The molecule has 162 valence electrons. The molecule has 0 fully saturated rings. The lowest BCUT2D eigenvalue weighted by atomic mass is 9.98. The van der Waals surface area contributed by atoms with Crippen molar-refractivity contribution in [3.63, 3.8) is 0 Å². The molecule has 1 atom stereocenters. The van der Waals surface area contributed by atoms with Crippen molar-refractivity contribution in [2.45, 2.75) is 78.1 Å². The van der Waals surface area contributed by atoms with Crippen LogP contribution in [0.5, 0.6) is 0 Å². The predicted octanol–water partition coefficient (Wildman–Crippen LogP) is 7.87. The summed E-state index contributed by atoms with van der Waals surface area (Å²) in [6.45, 7) is 4.43. The molecular formula is C26H40O2S. The highest BCUT2D eigenvalue weighted by Gasteiger charge is 2.17.